The zero-order valence-corrected chi connectivity index (χ0v) is 20.9. The van der Waals surface area contributed by atoms with Crippen molar-refractivity contribution in [2.75, 3.05) is 18.6 Å². The molecule has 0 bridgehead atoms. The summed E-state index contributed by atoms with van der Waals surface area (Å²) >= 11 is 0. The maximum Gasteiger partial charge on any atom is 0.387 e. The summed E-state index contributed by atoms with van der Waals surface area (Å²) in [5.41, 5.74) is 3.28. The van der Waals surface area contributed by atoms with Crippen LogP contribution in [-0.2, 0) is 0 Å². The molecule has 3 aromatic rings. The summed E-state index contributed by atoms with van der Waals surface area (Å²) in [6.45, 7) is -2.05. The third-order valence-corrected chi connectivity index (χ3v) is 7.24. The van der Waals surface area contributed by atoms with Crippen LogP contribution in [0.5, 0.6) is 11.5 Å². The lowest BCUT2D eigenvalue weighted by molar-refractivity contribution is -0.0512. The van der Waals surface area contributed by atoms with E-state index in [0.717, 1.165) is 42.6 Å². The van der Waals surface area contributed by atoms with Crippen molar-refractivity contribution in [1.29, 1.82) is 0 Å². The van der Waals surface area contributed by atoms with Crippen molar-refractivity contribution in [2.24, 2.45) is 5.92 Å². The highest BCUT2D eigenvalue weighted by atomic mass is 19.3. The van der Waals surface area contributed by atoms with Crippen molar-refractivity contribution < 1.29 is 23.0 Å². The largest absolute Gasteiger partial charge is 0.493 e. The fourth-order valence-corrected chi connectivity index (χ4v) is 5.24. The van der Waals surface area contributed by atoms with Crippen LogP contribution in [0.2, 0.25) is 0 Å². The third kappa shape index (κ3) is 5.93. The molecule has 37 heavy (non-hydrogen) atoms. The Labute approximate surface area is 216 Å². The Morgan fingerprint density at radius 1 is 0.973 bits per heavy atom. The van der Waals surface area contributed by atoms with Gasteiger partial charge in [-0.15, -0.1) is 0 Å². The molecule has 3 aromatic carbocycles. The molecule has 2 aliphatic rings. The van der Waals surface area contributed by atoms with Crippen molar-refractivity contribution >= 4 is 11.6 Å². The van der Waals surface area contributed by atoms with Crippen molar-refractivity contribution in [3.63, 3.8) is 0 Å². The molecule has 2 atom stereocenters. The van der Waals surface area contributed by atoms with Gasteiger partial charge in [-0.05, 0) is 73.2 Å². The predicted molar refractivity (Wildman–Crippen MR) is 140 cm³/mol. The van der Waals surface area contributed by atoms with Crippen LogP contribution in [0.1, 0.15) is 42.5 Å². The van der Waals surface area contributed by atoms with E-state index in [9.17, 15) is 13.6 Å². The Morgan fingerprint density at radius 2 is 1.76 bits per heavy atom. The average molecular weight is 507 g/mol. The van der Waals surface area contributed by atoms with Gasteiger partial charge in [-0.1, -0.05) is 55.3 Å². The van der Waals surface area contributed by atoms with Gasteiger partial charge in [0.1, 0.15) is 0 Å². The lowest BCUT2D eigenvalue weighted by atomic mass is 9.96. The Bertz CT molecular complexity index is 1210. The number of carbonyl (C=O) groups excluding carboxylic acids is 1. The number of ether oxygens (including phenoxy) is 2. The first-order valence-corrected chi connectivity index (χ1v) is 12.9. The van der Waals surface area contributed by atoms with Crippen LogP contribution in [0.25, 0.3) is 11.1 Å². The Balaban J connectivity index is 1.56. The molecule has 1 N–H and O–H groups in total. The number of nitrogens with one attached hydrogen (secondary N) is 1. The summed E-state index contributed by atoms with van der Waals surface area (Å²) in [4.78, 5) is 16.2. The number of hydrogen-bond donors (Lipinski definition) is 1. The molecular weight excluding hydrogens is 474 g/mol. The summed E-state index contributed by atoms with van der Waals surface area (Å²) in [6.07, 6.45) is 5.36. The molecular formula is C30H32F2N2O3. The quantitative estimate of drug-likeness (QED) is 0.340. The first-order chi connectivity index (χ1) is 18.0. The molecule has 7 heteroatoms. The van der Waals surface area contributed by atoms with Gasteiger partial charge in [0.05, 0.1) is 13.2 Å². The highest BCUT2D eigenvalue weighted by Gasteiger charge is 2.38. The van der Waals surface area contributed by atoms with Gasteiger partial charge in [0.25, 0.3) is 5.91 Å². The molecule has 2 unspecified atom stereocenters. The number of methoxy groups -OCH3 is 1. The van der Waals surface area contributed by atoms with Crippen LogP contribution in [0.4, 0.5) is 14.5 Å². The average Bonchev–Trinajstić information content (AvgIpc) is 3.57. The van der Waals surface area contributed by atoms with E-state index in [1.807, 2.05) is 41.3 Å². The highest BCUT2D eigenvalue weighted by Crippen LogP contribution is 2.39. The van der Waals surface area contributed by atoms with Crippen LogP contribution in [0.15, 0.2) is 72.8 Å². The van der Waals surface area contributed by atoms with Gasteiger partial charge in [-0.2, -0.15) is 8.78 Å². The van der Waals surface area contributed by atoms with Gasteiger partial charge in [-0.25, -0.2) is 0 Å². The number of alkyl halides is 2. The first kappa shape index (κ1) is 25.2. The number of anilines is 1. The van der Waals surface area contributed by atoms with Gasteiger partial charge in [0.2, 0.25) is 0 Å². The maximum atomic E-state index is 14.2. The normalized spacial score (nSPS) is 18.0. The smallest absolute Gasteiger partial charge is 0.387 e. The van der Waals surface area contributed by atoms with E-state index in [0.29, 0.717) is 11.5 Å². The molecule has 0 aromatic heterocycles. The molecule has 2 fully saturated rings. The van der Waals surface area contributed by atoms with Gasteiger partial charge in [-0.3, -0.25) is 4.79 Å². The van der Waals surface area contributed by atoms with E-state index in [-0.39, 0.29) is 29.5 Å². The standard InChI is InChI=1S/C30H32F2N2O3/c1-36-28-19-23(14-15-27(28)37-30(31)32)29(35)34(26(17-20-12-13-20)25-11-6-16-33-25)24-10-5-9-22(18-24)21-7-3-2-4-8-21/h2-5,7-10,14-15,18-20,25-26,30,33H,6,11-13,16-17H2,1H3. The van der Waals surface area contributed by atoms with Gasteiger partial charge in [0.15, 0.2) is 11.5 Å². The van der Waals surface area contributed by atoms with E-state index >= 15 is 0 Å². The number of amides is 1. The molecule has 1 saturated heterocycles. The van der Waals surface area contributed by atoms with Crippen LogP contribution in [0.3, 0.4) is 0 Å². The molecule has 1 aliphatic heterocycles. The van der Waals surface area contributed by atoms with Crippen molar-refractivity contribution in [3.05, 3.63) is 78.4 Å². The number of halogens is 2. The van der Waals surface area contributed by atoms with Crippen molar-refractivity contribution in [3.8, 4) is 22.6 Å². The second-order valence-corrected chi connectivity index (χ2v) is 9.78. The Kier molecular flexibility index (Phi) is 7.70. The molecule has 194 valence electrons. The molecule has 1 aliphatic carbocycles. The van der Waals surface area contributed by atoms with Crippen molar-refractivity contribution in [2.45, 2.75) is 50.8 Å². The van der Waals surface area contributed by atoms with Crippen LogP contribution < -0.4 is 19.7 Å². The molecule has 0 spiro atoms. The number of hydrogen-bond acceptors (Lipinski definition) is 4. The number of benzene rings is 3. The van der Waals surface area contributed by atoms with E-state index in [1.54, 1.807) is 0 Å². The minimum Gasteiger partial charge on any atom is -0.493 e. The van der Waals surface area contributed by atoms with Gasteiger partial charge < -0.3 is 19.7 Å². The number of rotatable bonds is 10. The number of nitrogens with zero attached hydrogens (tertiary/aromatic N) is 1. The van der Waals surface area contributed by atoms with Crippen LogP contribution >= 0.6 is 0 Å². The molecule has 1 saturated carbocycles. The van der Waals surface area contributed by atoms with E-state index in [4.69, 9.17) is 4.74 Å². The Hall–Kier alpha value is -3.45. The monoisotopic (exact) mass is 506 g/mol. The fourth-order valence-electron chi connectivity index (χ4n) is 5.24. The minimum atomic E-state index is -2.98. The zero-order valence-electron chi connectivity index (χ0n) is 20.9. The summed E-state index contributed by atoms with van der Waals surface area (Å²) < 4.78 is 35.6. The topological polar surface area (TPSA) is 50.8 Å². The maximum absolute atomic E-state index is 14.2. The number of carbonyl (C=O) groups is 1. The minimum absolute atomic E-state index is 0.0310. The summed E-state index contributed by atoms with van der Waals surface area (Å²) in [6, 6.07) is 22.7. The molecule has 0 radical (unpaired) electrons. The second kappa shape index (κ2) is 11.3. The second-order valence-electron chi connectivity index (χ2n) is 9.78. The molecule has 1 heterocycles. The summed E-state index contributed by atoms with van der Waals surface area (Å²) in [5, 5.41) is 3.62. The van der Waals surface area contributed by atoms with Crippen LogP contribution in [-0.4, -0.2) is 38.3 Å². The fraction of sp³-hybridized carbons (Fsp3) is 0.367. The predicted octanol–water partition coefficient (Wildman–Crippen LogP) is 6.53. The van der Waals surface area contributed by atoms with Gasteiger partial charge >= 0.3 is 6.61 Å². The van der Waals surface area contributed by atoms with E-state index in [2.05, 4.69) is 28.3 Å². The third-order valence-electron chi connectivity index (χ3n) is 7.24. The zero-order chi connectivity index (χ0) is 25.8. The summed E-state index contributed by atoms with van der Waals surface area (Å²) in [5.74, 6) is 0.420. The SMILES string of the molecule is COc1cc(C(=O)N(c2cccc(-c3ccccc3)c2)C(CC2CC2)C2CCCN2)ccc1OC(F)F. The first-order valence-electron chi connectivity index (χ1n) is 12.9. The van der Waals surface area contributed by atoms with E-state index in [1.165, 1.54) is 38.2 Å². The Morgan fingerprint density at radius 3 is 2.43 bits per heavy atom. The van der Waals surface area contributed by atoms with Gasteiger partial charge in [0, 0.05) is 17.3 Å². The molecule has 1 amide bonds. The molecule has 5 rings (SSSR count). The lowest BCUT2D eigenvalue weighted by Crippen LogP contribution is -2.51. The lowest BCUT2D eigenvalue weighted by Gasteiger charge is -2.36. The van der Waals surface area contributed by atoms with E-state index < -0.39 is 6.61 Å². The van der Waals surface area contributed by atoms with Crippen LogP contribution in [0, 0.1) is 5.92 Å². The molecule has 5 nitrogen and oxygen atoms in total. The summed E-state index contributed by atoms with van der Waals surface area (Å²) in [7, 11) is 1.38. The highest BCUT2D eigenvalue weighted by molar-refractivity contribution is 6.07. The van der Waals surface area contributed by atoms with Crippen molar-refractivity contribution in [1.82, 2.24) is 5.32 Å².